The molecule has 1 aliphatic rings. The maximum atomic E-state index is 12.4. The van der Waals surface area contributed by atoms with Gasteiger partial charge in [-0.3, -0.25) is 14.7 Å². The fourth-order valence-corrected chi connectivity index (χ4v) is 2.43. The third-order valence-corrected chi connectivity index (χ3v) is 3.35. The van der Waals surface area contributed by atoms with Crippen molar-refractivity contribution in [1.29, 1.82) is 0 Å². The van der Waals surface area contributed by atoms with Crippen LogP contribution in [0.1, 0.15) is 37.7 Å². The van der Waals surface area contributed by atoms with Crippen molar-refractivity contribution in [1.82, 2.24) is 10.2 Å². The van der Waals surface area contributed by atoms with E-state index in [1.54, 1.807) is 26.0 Å². The Morgan fingerprint density at radius 3 is 2.37 bits per heavy atom. The monoisotopic (exact) mass is 255 g/mol. The van der Waals surface area contributed by atoms with Crippen molar-refractivity contribution in [2.45, 2.75) is 20.8 Å². The second-order valence-corrected chi connectivity index (χ2v) is 4.78. The molecule has 1 aliphatic heterocycles. The van der Waals surface area contributed by atoms with E-state index >= 15 is 0 Å². The lowest BCUT2D eigenvalue weighted by Gasteiger charge is -2.13. The molecule has 0 radical (unpaired) electrons. The SMILES string of the molecule is Cc1ccc2c(c1)C(=O)N(c1c(C)n[nH]c1C)C2=O. The van der Waals surface area contributed by atoms with E-state index in [2.05, 4.69) is 10.2 Å². The summed E-state index contributed by atoms with van der Waals surface area (Å²) < 4.78 is 0. The fourth-order valence-electron chi connectivity index (χ4n) is 2.43. The Balaban J connectivity index is 2.18. The summed E-state index contributed by atoms with van der Waals surface area (Å²) in [5, 5.41) is 6.84. The molecule has 2 heterocycles. The van der Waals surface area contributed by atoms with E-state index in [0.717, 1.165) is 5.56 Å². The topological polar surface area (TPSA) is 66.1 Å². The number of aromatic amines is 1. The number of imide groups is 1. The van der Waals surface area contributed by atoms with Gasteiger partial charge < -0.3 is 0 Å². The Hall–Kier alpha value is -2.43. The lowest BCUT2D eigenvalue weighted by Crippen LogP contribution is -2.30. The summed E-state index contributed by atoms with van der Waals surface area (Å²) in [4.78, 5) is 26.0. The van der Waals surface area contributed by atoms with Crippen molar-refractivity contribution in [2.75, 3.05) is 4.90 Å². The average molecular weight is 255 g/mol. The molecule has 0 atom stereocenters. The van der Waals surface area contributed by atoms with Gasteiger partial charge in [-0.15, -0.1) is 0 Å². The van der Waals surface area contributed by atoms with Gasteiger partial charge >= 0.3 is 0 Å². The second kappa shape index (κ2) is 3.78. The van der Waals surface area contributed by atoms with Crippen molar-refractivity contribution in [3.05, 3.63) is 46.3 Å². The Morgan fingerprint density at radius 2 is 1.74 bits per heavy atom. The highest BCUT2D eigenvalue weighted by atomic mass is 16.2. The summed E-state index contributed by atoms with van der Waals surface area (Å²) in [5.74, 6) is -0.566. The maximum Gasteiger partial charge on any atom is 0.266 e. The predicted molar refractivity (Wildman–Crippen MR) is 70.4 cm³/mol. The molecule has 0 bridgehead atoms. The number of carbonyl (C=O) groups is 2. The zero-order valence-corrected chi connectivity index (χ0v) is 10.9. The lowest BCUT2D eigenvalue weighted by molar-refractivity contribution is 0.0925. The van der Waals surface area contributed by atoms with Gasteiger partial charge in [-0.05, 0) is 32.9 Å². The molecular weight excluding hydrogens is 242 g/mol. The largest absolute Gasteiger partial charge is 0.280 e. The first kappa shape index (κ1) is 11.6. The minimum absolute atomic E-state index is 0.281. The van der Waals surface area contributed by atoms with Crippen LogP contribution in [0.2, 0.25) is 0 Å². The van der Waals surface area contributed by atoms with Crippen LogP contribution in [0, 0.1) is 20.8 Å². The number of fused-ring (bicyclic) bond motifs is 1. The predicted octanol–water partition coefficient (Wildman–Crippen LogP) is 2.14. The van der Waals surface area contributed by atoms with Crippen LogP contribution in [-0.4, -0.2) is 22.0 Å². The van der Waals surface area contributed by atoms with E-state index in [9.17, 15) is 9.59 Å². The van der Waals surface area contributed by atoms with Crippen LogP contribution in [0.5, 0.6) is 0 Å². The summed E-state index contributed by atoms with van der Waals surface area (Å²) in [7, 11) is 0. The molecule has 5 heteroatoms. The van der Waals surface area contributed by atoms with Gasteiger partial charge in [0.15, 0.2) is 0 Å². The van der Waals surface area contributed by atoms with Gasteiger partial charge in [0.1, 0.15) is 0 Å². The molecule has 2 amide bonds. The molecule has 0 aliphatic carbocycles. The third kappa shape index (κ3) is 1.51. The normalized spacial score (nSPS) is 14.2. The minimum atomic E-state index is -0.285. The highest BCUT2D eigenvalue weighted by molar-refractivity contribution is 6.34. The summed E-state index contributed by atoms with van der Waals surface area (Å²) >= 11 is 0. The maximum absolute atomic E-state index is 12.4. The molecule has 1 N–H and O–H groups in total. The quantitative estimate of drug-likeness (QED) is 0.794. The van der Waals surface area contributed by atoms with E-state index in [0.29, 0.717) is 28.2 Å². The summed E-state index contributed by atoms with van der Waals surface area (Å²) in [5.41, 5.74) is 3.79. The smallest absolute Gasteiger partial charge is 0.266 e. The summed E-state index contributed by atoms with van der Waals surface area (Å²) in [6.07, 6.45) is 0. The van der Waals surface area contributed by atoms with Crippen molar-refractivity contribution in [3.63, 3.8) is 0 Å². The van der Waals surface area contributed by atoms with E-state index < -0.39 is 0 Å². The first-order valence-corrected chi connectivity index (χ1v) is 6.01. The van der Waals surface area contributed by atoms with Crippen LogP contribution in [0.4, 0.5) is 5.69 Å². The van der Waals surface area contributed by atoms with Crippen molar-refractivity contribution in [2.24, 2.45) is 0 Å². The zero-order valence-electron chi connectivity index (χ0n) is 10.9. The second-order valence-electron chi connectivity index (χ2n) is 4.78. The lowest BCUT2D eigenvalue weighted by atomic mass is 10.1. The van der Waals surface area contributed by atoms with Gasteiger partial charge in [0.25, 0.3) is 11.8 Å². The number of hydrogen-bond donors (Lipinski definition) is 1. The van der Waals surface area contributed by atoms with Gasteiger partial charge in [-0.2, -0.15) is 5.10 Å². The number of anilines is 1. The number of aryl methyl sites for hydroxylation is 3. The number of carbonyl (C=O) groups excluding carboxylic acids is 2. The standard InChI is InChI=1S/C14H13N3O2/c1-7-4-5-10-11(6-7)14(19)17(13(10)18)12-8(2)15-16-9(12)3/h4-6H,1-3H3,(H,15,16). The highest BCUT2D eigenvalue weighted by Crippen LogP contribution is 2.32. The molecule has 0 fully saturated rings. The fraction of sp³-hybridized carbons (Fsp3) is 0.214. The third-order valence-electron chi connectivity index (χ3n) is 3.35. The van der Waals surface area contributed by atoms with Gasteiger partial charge in [-0.25, -0.2) is 4.90 Å². The average Bonchev–Trinajstić information content (AvgIpc) is 2.80. The molecule has 0 unspecified atom stereocenters. The van der Waals surface area contributed by atoms with Gasteiger partial charge in [-0.1, -0.05) is 11.6 Å². The van der Waals surface area contributed by atoms with Gasteiger partial charge in [0.05, 0.1) is 28.2 Å². The Labute approximate surface area is 110 Å². The van der Waals surface area contributed by atoms with E-state index in [-0.39, 0.29) is 11.8 Å². The number of hydrogen-bond acceptors (Lipinski definition) is 3. The molecule has 0 spiro atoms. The van der Waals surface area contributed by atoms with Crippen LogP contribution in [0.3, 0.4) is 0 Å². The molecule has 2 aromatic rings. The Bertz CT molecular complexity index is 696. The number of rotatable bonds is 1. The molecule has 19 heavy (non-hydrogen) atoms. The minimum Gasteiger partial charge on any atom is -0.280 e. The van der Waals surface area contributed by atoms with Crippen molar-refractivity contribution < 1.29 is 9.59 Å². The van der Waals surface area contributed by atoms with Crippen LogP contribution in [-0.2, 0) is 0 Å². The molecule has 1 aromatic heterocycles. The summed E-state index contributed by atoms with van der Waals surface area (Å²) in [6.45, 7) is 5.47. The Morgan fingerprint density at radius 1 is 1.05 bits per heavy atom. The first-order chi connectivity index (χ1) is 9.00. The Kier molecular flexibility index (Phi) is 2.32. The molecule has 0 saturated carbocycles. The molecule has 0 saturated heterocycles. The van der Waals surface area contributed by atoms with Crippen LogP contribution >= 0.6 is 0 Å². The number of H-pyrrole nitrogens is 1. The van der Waals surface area contributed by atoms with Crippen molar-refractivity contribution in [3.8, 4) is 0 Å². The highest BCUT2D eigenvalue weighted by Gasteiger charge is 2.38. The van der Waals surface area contributed by atoms with E-state index in [1.165, 1.54) is 4.90 Å². The molecule has 3 rings (SSSR count). The number of benzene rings is 1. The van der Waals surface area contributed by atoms with Gasteiger partial charge in [0, 0.05) is 0 Å². The van der Waals surface area contributed by atoms with Crippen LogP contribution in [0.25, 0.3) is 0 Å². The zero-order chi connectivity index (χ0) is 13.7. The van der Waals surface area contributed by atoms with Crippen LogP contribution in [0.15, 0.2) is 18.2 Å². The van der Waals surface area contributed by atoms with E-state index in [4.69, 9.17) is 0 Å². The molecule has 1 aromatic carbocycles. The number of nitrogens with one attached hydrogen (secondary N) is 1. The summed E-state index contributed by atoms with van der Waals surface area (Å²) in [6, 6.07) is 5.29. The number of aromatic nitrogens is 2. The van der Waals surface area contributed by atoms with Crippen LogP contribution < -0.4 is 4.90 Å². The molecule has 5 nitrogen and oxygen atoms in total. The van der Waals surface area contributed by atoms with Gasteiger partial charge in [0.2, 0.25) is 0 Å². The van der Waals surface area contributed by atoms with Crippen molar-refractivity contribution >= 4 is 17.5 Å². The number of nitrogens with zero attached hydrogens (tertiary/aromatic N) is 2. The first-order valence-electron chi connectivity index (χ1n) is 6.01. The van der Waals surface area contributed by atoms with E-state index in [1.807, 2.05) is 13.0 Å². The molecule has 96 valence electrons. The number of amides is 2. The molecular formula is C14H13N3O2.